The minimum absolute atomic E-state index is 0.0170. The van der Waals surface area contributed by atoms with E-state index in [9.17, 15) is 14.0 Å². The van der Waals surface area contributed by atoms with Gasteiger partial charge in [-0.2, -0.15) is 0 Å². The normalized spacial score (nSPS) is 13.6. The zero-order valence-corrected chi connectivity index (χ0v) is 19.4. The molecule has 1 aliphatic heterocycles. The van der Waals surface area contributed by atoms with Crippen molar-refractivity contribution in [2.75, 3.05) is 22.1 Å². The van der Waals surface area contributed by atoms with Crippen molar-refractivity contribution in [3.63, 3.8) is 0 Å². The van der Waals surface area contributed by atoms with Gasteiger partial charge in [0.25, 0.3) is 5.91 Å². The summed E-state index contributed by atoms with van der Waals surface area (Å²) in [4.78, 5) is 27.8. The number of benzene rings is 3. The molecule has 176 valence electrons. The van der Waals surface area contributed by atoms with E-state index in [2.05, 4.69) is 33.0 Å². The SMILES string of the molecule is CCC(C)NC(=O)c1cc(NC(=O)Nc2ccccc2F)ccc1N1CCc2ccccc2C1. The highest BCUT2D eigenvalue weighted by atomic mass is 19.1. The molecule has 1 unspecified atom stereocenters. The Morgan fingerprint density at radius 3 is 2.50 bits per heavy atom. The summed E-state index contributed by atoms with van der Waals surface area (Å²) in [6, 6.07) is 19.0. The van der Waals surface area contributed by atoms with Crippen LogP contribution in [0.25, 0.3) is 0 Å². The monoisotopic (exact) mass is 460 g/mol. The fourth-order valence-electron chi connectivity index (χ4n) is 4.02. The van der Waals surface area contributed by atoms with Crippen LogP contribution in [-0.2, 0) is 13.0 Å². The van der Waals surface area contributed by atoms with E-state index in [1.54, 1.807) is 24.3 Å². The van der Waals surface area contributed by atoms with Gasteiger partial charge in [0.1, 0.15) is 5.82 Å². The first-order valence-electron chi connectivity index (χ1n) is 11.5. The number of para-hydroxylation sites is 1. The average molecular weight is 461 g/mol. The minimum atomic E-state index is -0.585. The molecule has 3 amide bonds. The lowest BCUT2D eigenvalue weighted by molar-refractivity contribution is 0.0939. The molecular formula is C27H29FN4O2. The molecule has 0 aromatic heterocycles. The Morgan fingerprint density at radius 1 is 1.00 bits per heavy atom. The van der Waals surface area contributed by atoms with E-state index in [1.165, 1.54) is 23.3 Å². The van der Waals surface area contributed by atoms with Gasteiger partial charge in [-0.15, -0.1) is 0 Å². The third-order valence-electron chi connectivity index (χ3n) is 6.08. The zero-order valence-electron chi connectivity index (χ0n) is 19.4. The number of carbonyl (C=O) groups is 2. The van der Waals surface area contributed by atoms with Crippen LogP contribution in [0.2, 0.25) is 0 Å². The lowest BCUT2D eigenvalue weighted by Gasteiger charge is -2.32. The maximum Gasteiger partial charge on any atom is 0.323 e. The molecule has 0 aliphatic carbocycles. The molecule has 1 heterocycles. The molecule has 0 saturated carbocycles. The Bertz CT molecular complexity index is 1200. The molecular weight excluding hydrogens is 431 g/mol. The molecule has 3 N–H and O–H groups in total. The van der Waals surface area contributed by atoms with E-state index < -0.39 is 11.8 Å². The first kappa shape index (κ1) is 23.3. The first-order valence-corrected chi connectivity index (χ1v) is 11.5. The van der Waals surface area contributed by atoms with Gasteiger partial charge in [0.2, 0.25) is 0 Å². The smallest absolute Gasteiger partial charge is 0.323 e. The van der Waals surface area contributed by atoms with Gasteiger partial charge in [-0.05, 0) is 61.2 Å². The van der Waals surface area contributed by atoms with Crippen LogP contribution in [0.3, 0.4) is 0 Å². The fraction of sp³-hybridized carbons (Fsp3) is 0.259. The van der Waals surface area contributed by atoms with Gasteiger partial charge in [0, 0.05) is 30.5 Å². The highest BCUT2D eigenvalue weighted by Crippen LogP contribution is 2.30. The van der Waals surface area contributed by atoms with E-state index in [0.717, 1.165) is 25.1 Å². The van der Waals surface area contributed by atoms with Crippen LogP contribution < -0.4 is 20.9 Å². The van der Waals surface area contributed by atoms with Crippen LogP contribution >= 0.6 is 0 Å². The lowest BCUT2D eigenvalue weighted by Crippen LogP contribution is -2.36. The summed E-state index contributed by atoms with van der Waals surface area (Å²) in [6.07, 6.45) is 1.70. The number of nitrogens with zero attached hydrogens (tertiary/aromatic N) is 1. The number of carbonyl (C=O) groups excluding carboxylic acids is 2. The predicted octanol–water partition coefficient (Wildman–Crippen LogP) is 5.56. The number of hydrogen-bond acceptors (Lipinski definition) is 3. The van der Waals surface area contributed by atoms with Crippen LogP contribution in [0, 0.1) is 5.82 Å². The second-order valence-corrected chi connectivity index (χ2v) is 8.51. The van der Waals surface area contributed by atoms with Gasteiger partial charge < -0.3 is 20.9 Å². The van der Waals surface area contributed by atoms with Crippen molar-refractivity contribution in [2.45, 2.75) is 39.3 Å². The van der Waals surface area contributed by atoms with E-state index >= 15 is 0 Å². The van der Waals surface area contributed by atoms with Crippen LogP contribution in [0.4, 0.5) is 26.2 Å². The Balaban J connectivity index is 1.59. The van der Waals surface area contributed by atoms with Gasteiger partial charge in [-0.1, -0.05) is 43.3 Å². The summed E-state index contributed by atoms with van der Waals surface area (Å²) in [5.74, 6) is -0.714. The number of anilines is 3. The Labute approximate surface area is 199 Å². The van der Waals surface area contributed by atoms with E-state index in [4.69, 9.17) is 0 Å². The molecule has 4 rings (SSSR count). The van der Waals surface area contributed by atoms with Crippen LogP contribution in [0.15, 0.2) is 66.7 Å². The summed E-state index contributed by atoms with van der Waals surface area (Å²) in [6.45, 7) is 5.47. The van der Waals surface area contributed by atoms with E-state index in [-0.39, 0.29) is 17.6 Å². The fourth-order valence-corrected chi connectivity index (χ4v) is 4.02. The summed E-state index contributed by atoms with van der Waals surface area (Å²) in [7, 11) is 0. The molecule has 0 radical (unpaired) electrons. The van der Waals surface area contributed by atoms with Gasteiger partial charge in [-0.25, -0.2) is 9.18 Å². The maximum atomic E-state index is 13.9. The average Bonchev–Trinajstić information content (AvgIpc) is 2.85. The molecule has 34 heavy (non-hydrogen) atoms. The lowest BCUT2D eigenvalue weighted by atomic mass is 9.98. The minimum Gasteiger partial charge on any atom is -0.366 e. The number of nitrogens with one attached hydrogen (secondary N) is 3. The molecule has 0 saturated heterocycles. The molecule has 0 bridgehead atoms. The van der Waals surface area contributed by atoms with E-state index in [1.807, 2.05) is 32.0 Å². The molecule has 3 aromatic carbocycles. The number of urea groups is 1. The van der Waals surface area contributed by atoms with Crippen molar-refractivity contribution in [2.24, 2.45) is 0 Å². The molecule has 1 atom stereocenters. The summed E-state index contributed by atoms with van der Waals surface area (Å²) < 4.78 is 13.9. The van der Waals surface area contributed by atoms with Crippen LogP contribution in [0.1, 0.15) is 41.8 Å². The molecule has 0 fully saturated rings. The van der Waals surface area contributed by atoms with Crippen molar-refractivity contribution < 1.29 is 14.0 Å². The van der Waals surface area contributed by atoms with Crippen molar-refractivity contribution in [1.82, 2.24) is 5.32 Å². The highest BCUT2D eigenvalue weighted by Gasteiger charge is 2.22. The number of halogens is 1. The van der Waals surface area contributed by atoms with Crippen LogP contribution in [0.5, 0.6) is 0 Å². The topological polar surface area (TPSA) is 73.5 Å². The first-order chi connectivity index (χ1) is 16.4. The van der Waals surface area contributed by atoms with Gasteiger partial charge in [0.15, 0.2) is 0 Å². The van der Waals surface area contributed by atoms with E-state index in [0.29, 0.717) is 17.8 Å². The molecule has 7 heteroatoms. The maximum absolute atomic E-state index is 13.9. The van der Waals surface area contributed by atoms with Gasteiger partial charge in [0.05, 0.1) is 11.3 Å². The molecule has 3 aromatic rings. The summed E-state index contributed by atoms with van der Waals surface area (Å²) in [5.41, 5.74) is 4.40. The third-order valence-corrected chi connectivity index (χ3v) is 6.08. The highest BCUT2D eigenvalue weighted by molar-refractivity contribution is 6.04. The predicted molar refractivity (Wildman–Crippen MR) is 134 cm³/mol. The number of amides is 3. The standard InChI is InChI=1S/C27H29FN4O2/c1-3-18(2)29-26(33)22-16-21(30-27(34)31-24-11-7-6-10-23(24)28)12-13-25(22)32-15-14-19-8-4-5-9-20(19)17-32/h4-13,16,18H,3,14-15,17H2,1-2H3,(H,29,33)(H2,30,31,34). The summed E-state index contributed by atoms with van der Waals surface area (Å²) >= 11 is 0. The number of hydrogen-bond donors (Lipinski definition) is 3. The third kappa shape index (κ3) is 5.36. The van der Waals surface area contributed by atoms with Crippen molar-refractivity contribution in [3.8, 4) is 0 Å². The second-order valence-electron chi connectivity index (χ2n) is 8.51. The van der Waals surface area contributed by atoms with Crippen molar-refractivity contribution >= 4 is 29.0 Å². The van der Waals surface area contributed by atoms with Crippen molar-refractivity contribution in [3.05, 3.63) is 89.2 Å². The number of rotatable bonds is 6. The Morgan fingerprint density at radius 2 is 1.74 bits per heavy atom. The van der Waals surface area contributed by atoms with Crippen LogP contribution in [-0.4, -0.2) is 24.5 Å². The molecule has 0 spiro atoms. The van der Waals surface area contributed by atoms with Crippen molar-refractivity contribution in [1.29, 1.82) is 0 Å². The zero-order chi connectivity index (χ0) is 24.1. The molecule has 6 nitrogen and oxygen atoms in total. The largest absolute Gasteiger partial charge is 0.366 e. The Hall–Kier alpha value is -3.87. The molecule has 1 aliphatic rings. The number of fused-ring (bicyclic) bond motifs is 1. The quantitative estimate of drug-likeness (QED) is 0.451. The van der Waals surface area contributed by atoms with Gasteiger partial charge in [-0.3, -0.25) is 4.79 Å². The second kappa shape index (κ2) is 10.4. The summed E-state index contributed by atoms with van der Waals surface area (Å²) in [5, 5.41) is 8.24. The Kier molecular flexibility index (Phi) is 7.11. The van der Waals surface area contributed by atoms with Gasteiger partial charge >= 0.3 is 6.03 Å².